The molecule has 34 heavy (non-hydrogen) atoms. The van der Waals surface area contributed by atoms with Gasteiger partial charge in [0.1, 0.15) is 22.1 Å². The molecular weight excluding hydrogens is 476 g/mol. The molecule has 4 rings (SSSR count). The number of nitrogens with one attached hydrogen (secondary N) is 1. The molecule has 4 aromatic rings. The summed E-state index contributed by atoms with van der Waals surface area (Å²) in [5.74, 6) is -0.615. The van der Waals surface area contributed by atoms with Gasteiger partial charge in [0.05, 0.1) is 12.6 Å². The molecule has 0 saturated heterocycles. The van der Waals surface area contributed by atoms with Crippen LogP contribution in [0.3, 0.4) is 0 Å². The fourth-order valence-corrected chi connectivity index (χ4v) is 4.00. The summed E-state index contributed by atoms with van der Waals surface area (Å²) in [6, 6.07) is 15.4. The maximum atomic E-state index is 14.8. The summed E-state index contributed by atoms with van der Waals surface area (Å²) < 4.78 is 82.5. The van der Waals surface area contributed by atoms with Gasteiger partial charge >= 0.3 is 6.36 Å². The molecule has 6 nitrogen and oxygen atoms in total. The molecule has 0 saturated carbocycles. The molecular formula is C23H16F4N2O4S. The lowest BCUT2D eigenvalue weighted by atomic mass is 10.2. The lowest BCUT2D eigenvalue weighted by molar-refractivity contribution is -0.275. The number of nitrogens with zero attached hydrogens (tertiary/aromatic N) is 1. The zero-order valence-electron chi connectivity index (χ0n) is 17.4. The Balaban J connectivity index is 1.55. The number of para-hydroxylation sites is 1. The summed E-state index contributed by atoms with van der Waals surface area (Å²) >= 11 is 0. The highest BCUT2D eigenvalue weighted by Crippen LogP contribution is 2.34. The second-order valence-corrected chi connectivity index (χ2v) is 7.99. The van der Waals surface area contributed by atoms with Gasteiger partial charge in [0, 0.05) is 23.3 Å². The zero-order valence-corrected chi connectivity index (χ0v) is 18.2. The molecule has 176 valence electrons. The van der Waals surface area contributed by atoms with Gasteiger partial charge in [0.25, 0.3) is 0 Å². The third kappa shape index (κ3) is 5.37. The first-order chi connectivity index (χ1) is 16.2. The maximum Gasteiger partial charge on any atom is 0.573 e. The third-order valence-corrected chi connectivity index (χ3v) is 5.70. The first kappa shape index (κ1) is 23.3. The average Bonchev–Trinajstić information content (AvgIpc) is 2.80. The highest BCUT2D eigenvalue weighted by Gasteiger charge is 2.32. The number of fused-ring (bicyclic) bond motifs is 1. The van der Waals surface area contributed by atoms with Crippen molar-refractivity contribution in [1.82, 2.24) is 4.98 Å². The molecule has 0 spiro atoms. The van der Waals surface area contributed by atoms with Gasteiger partial charge in [-0.05, 0) is 48.5 Å². The number of rotatable bonds is 7. The van der Waals surface area contributed by atoms with Crippen LogP contribution in [-0.2, 0) is 11.0 Å². The topological polar surface area (TPSA) is 69.7 Å². The van der Waals surface area contributed by atoms with E-state index in [4.69, 9.17) is 9.47 Å². The van der Waals surface area contributed by atoms with Gasteiger partial charge in [-0.25, -0.2) is 8.60 Å². The van der Waals surface area contributed by atoms with Crippen molar-refractivity contribution in [3.63, 3.8) is 0 Å². The maximum absolute atomic E-state index is 14.8. The van der Waals surface area contributed by atoms with Crippen molar-refractivity contribution in [3.05, 3.63) is 78.7 Å². The molecule has 0 aliphatic heterocycles. The fraction of sp³-hybridized carbons (Fsp3) is 0.0870. The number of hydrogen-bond donors (Lipinski definition) is 1. The second kappa shape index (κ2) is 9.56. The van der Waals surface area contributed by atoms with Crippen LogP contribution >= 0.6 is 0 Å². The Bertz CT molecular complexity index is 1360. The van der Waals surface area contributed by atoms with Crippen LogP contribution in [0.1, 0.15) is 0 Å². The average molecular weight is 492 g/mol. The summed E-state index contributed by atoms with van der Waals surface area (Å²) in [7, 11) is -0.646. The van der Waals surface area contributed by atoms with Gasteiger partial charge in [-0.2, -0.15) is 0 Å². The number of alkyl halides is 3. The minimum atomic E-state index is -4.95. The van der Waals surface area contributed by atoms with Crippen LogP contribution in [0.5, 0.6) is 23.0 Å². The number of halogens is 4. The van der Waals surface area contributed by atoms with Gasteiger partial charge in [-0.15, -0.1) is 13.2 Å². The number of benzene rings is 3. The van der Waals surface area contributed by atoms with Gasteiger partial charge in [-0.3, -0.25) is 4.98 Å². The van der Waals surface area contributed by atoms with E-state index < -0.39 is 28.9 Å². The number of aromatic nitrogens is 1. The van der Waals surface area contributed by atoms with E-state index in [0.717, 1.165) is 12.1 Å². The Kier molecular flexibility index (Phi) is 6.55. The van der Waals surface area contributed by atoms with Crippen LogP contribution in [0, 0.1) is 5.82 Å². The Morgan fingerprint density at radius 1 is 0.941 bits per heavy atom. The Labute approximate surface area is 193 Å². The monoisotopic (exact) mass is 492 g/mol. The standard InChI is InChI=1S/C23H16F4N2O4S/c1-31-15-7-8-18-16(13-15)19(10-11-28-18)32-20-9-6-14(12-17(20)24)29-34(30)22-5-3-2-4-21(22)33-23(25,26)27/h2-13,29H,1H3. The summed E-state index contributed by atoms with van der Waals surface area (Å²) in [5.41, 5.74) is 0.679. The quantitative estimate of drug-likeness (QED) is 0.311. The van der Waals surface area contributed by atoms with E-state index in [-0.39, 0.29) is 16.3 Å². The van der Waals surface area contributed by atoms with Crippen molar-refractivity contribution in [2.45, 2.75) is 11.3 Å². The molecule has 1 aromatic heterocycles. The molecule has 1 N–H and O–H groups in total. The number of hydrogen-bond acceptors (Lipinski definition) is 5. The Morgan fingerprint density at radius 2 is 1.74 bits per heavy atom. The van der Waals surface area contributed by atoms with Crippen LogP contribution in [0.2, 0.25) is 0 Å². The van der Waals surface area contributed by atoms with Gasteiger partial charge in [-0.1, -0.05) is 12.1 Å². The van der Waals surface area contributed by atoms with Crippen LogP contribution in [0.15, 0.2) is 77.8 Å². The van der Waals surface area contributed by atoms with E-state index in [9.17, 15) is 21.8 Å². The summed E-state index contributed by atoms with van der Waals surface area (Å²) in [4.78, 5) is 3.98. The normalized spacial score (nSPS) is 12.3. The largest absolute Gasteiger partial charge is 0.573 e. The molecule has 0 aliphatic carbocycles. The fourth-order valence-electron chi connectivity index (χ4n) is 3.06. The molecule has 0 fully saturated rings. The predicted octanol–water partition coefficient (Wildman–Crippen LogP) is 6.21. The van der Waals surface area contributed by atoms with Crippen LogP contribution in [0.4, 0.5) is 23.2 Å². The van der Waals surface area contributed by atoms with Crippen molar-refractivity contribution in [2.24, 2.45) is 0 Å². The predicted molar refractivity (Wildman–Crippen MR) is 118 cm³/mol. The highest BCUT2D eigenvalue weighted by atomic mass is 32.2. The molecule has 3 aromatic carbocycles. The minimum absolute atomic E-state index is 0.0613. The van der Waals surface area contributed by atoms with Crippen molar-refractivity contribution in [1.29, 1.82) is 0 Å². The number of ether oxygens (including phenoxy) is 3. The SMILES string of the molecule is COc1ccc2nccc(Oc3ccc(NS(=O)c4ccccc4OC(F)(F)F)cc3F)c2c1. The van der Waals surface area contributed by atoms with E-state index in [0.29, 0.717) is 22.4 Å². The van der Waals surface area contributed by atoms with E-state index in [1.54, 1.807) is 24.3 Å². The Hall–Kier alpha value is -3.86. The third-order valence-electron chi connectivity index (χ3n) is 4.55. The second-order valence-electron chi connectivity index (χ2n) is 6.80. The molecule has 0 bridgehead atoms. The van der Waals surface area contributed by atoms with Crippen LogP contribution < -0.4 is 18.9 Å². The number of pyridine rings is 1. The van der Waals surface area contributed by atoms with Gasteiger partial charge in [0.2, 0.25) is 0 Å². The first-order valence-electron chi connectivity index (χ1n) is 9.67. The van der Waals surface area contributed by atoms with E-state index in [2.05, 4.69) is 14.4 Å². The highest BCUT2D eigenvalue weighted by molar-refractivity contribution is 7.86. The van der Waals surface area contributed by atoms with Crippen molar-refractivity contribution >= 4 is 27.6 Å². The lowest BCUT2D eigenvalue weighted by Gasteiger charge is -2.14. The van der Waals surface area contributed by atoms with E-state index in [1.807, 2.05) is 0 Å². The summed E-state index contributed by atoms with van der Waals surface area (Å²) in [6.07, 6.45) is -3.44. The van der Waals surface area contributed by atoms with Crippen LogP contribution in [0.25, 0.3) is 10.9 Å². The molecule has 0 amide bonds. The molecule has 1 unspecified atom stereocenters. The van der Waals surface area contributed by atoms with E-state index in [1.165, 1.54) is 43.6 Å². The zero-order chi connectivity index (χ0) is 24.3. The molecule has 1 atom stereocenters. The molecule has 0 aliphatic rings. The number of anilines is 1. The molecule has 1 heterocycles. The van der Waals surface area contributed by atoms with E-state index >= 15 is 0 Å². The summed E-state index contributed by atoms with van der Waals surface area (Å²) in [6.45, 7) is 0. The first-order valence-corrected chi connectivity index (χ1v) is 10.8. The van der Waals surface area contributed by atoms with Crippen molar-refractivity contribution < 1.29 is 36.0 Å². The minimum Gasteiger partial charge on any atom is -0.497 e. The smallest absolute Gasteiger partial charge is 0.497 e. The molecule has 11 heteroatoms. The van der Waals surface area contributed by atoms with Crippen molar-refractivity contribution in [2.75, 3.05) is 11.8 Å². The number of methoxy groups -OCH3 is 1. The van der Waals surface area contributed by atoms with Crippen molar-refractivity contribution in [3.8, 4) is 23.0 Å². The molecule has 0 radical (unpaired) electrons. The lowest BCUT2D eigenvalue weighted by Crippen LogP contribution is -2.19. The van der Waals surface area contributed by atoms with Crippen LogP contribution in [-0.4, -0.2) is 22.7 Å². The van der Waals surface area contributed by atoms with Gasteiger partial charge in [0.15, 0.2) is 22.6 Å². The Morgan fingerprint density at radius 3 is 2.47 bits per heavy atom. The van der Waals surface area contributed by atoms with Gasteiger partial charge < -0.3 is 18.9 Å². The summed E-state index contributed by atoms with van der Waals surface area (Å²) in [5, 5.41) is 0.603.